The third-order valence-corrected chi connectivity index (χ3v) is 4.40. The number of aliphatic imine (C=N–C) groups is 1. The van der Waals surface area contributed by atoms with Gasteiger partial charge < -0.3 is 4.98 Å². The van der Waals surface area contributed by atoms with Gasteiger partial charge in [0.05, 0.1) is 16.9 Å². The Labute approximate surface area is 141 Å². The molecule has 1 aliphatic rings. The Morgan fingerprint density at radius 2 is 1.71 bits per heavy atom. The summed E-state index contributed by atoms with van der Waals surface area (Å²) in [4.78, 5) is 12.1. The standard InChI is InChI=1S/C12H12N2.C9H7N/c1-8-12-10(6-7-13-8)9-4-2-3-5-11(9)14-12;1-2-6-9-8(4-1)5-3-7-10-9/h2-5,14H,6-7H2,1H3;1-7H. The number of hydrogen-bond donors (Lipinski definition) is 1. The van der Waals surface area contributed by atoms with E-state index in [1.165, 1.54) is 27.5 Å². The SMILES string of the molecule is CC1=NCCc2c1[nH]c1ccccc21.c1ccc2ncccc2c1. The van der Waals surface area contributed by atoms with E-state index in [9.17, 15) is 0 Å². The minimum absolute atomic E-state index is 0.931. The average molecular weight is 313 g/mol. The van der Waals surface area contributed by atoms with E-state index in [2.05, 4.69) is 58.3 Å². The highest BCUT2D eigenvalue weighted by Crippen LogP contribution is 2.25. The Morgan fingerprint density at radius 1 is 0.917 bits per heavy atom. The summed E-state index contributed by atoms with van der Waals surface area (Å²) in [5, 5.41) is 2.56. The number of nitrogens with one attached hydrogen (secondary N) is 1. The molecule has 24 heavy (non-hydrogen) atoms. The first kappa shape index (κ1) is 14.6. The lowest BCUT2D eigenvalue weighted by Crippen LogP contribution is -2.08. The lowest BCUT2D eigenvalue weighted by molar-refractivity contribution is 0.945. The fraction of sp³-hybridized carbons (Fsp3) is 0.143. The van der Waals surface area contributed by atoms with Crippen LogP contribution in [0.3, 0.4) is 0 Å². The molecule has 0 aliphatic carbocycles. The van der Waals surface area contributed by atoms with Gasteiger partial charge in [0, 0.05) is 29.0 Å². The molecule has 5 rings (SSSR count). The van der Waals surface area contributed by atoms with Crippen LogP contribution in [0, 0.1) is 0 Å². The molecule has 1 N–H and O–H groups in total. The molecule has 0 unspecified atom stereocenters. The van der Waals surface area contributed by atoms with Gasteiger partial charge in [0.2, 0.25) is 0 Å². The van der Waals surface area contributed by atoms with E-state index in [0.29, 0.717) is 0 Å². The van der Waals surface area contributed by atoms with Crippen molar-refractivity contribution < 1.29 is 0 Å². The molecule has 2 aromatic heterocycles. The van der Waals surface area contributed by atoms with E-state index in [1.807, 2.05) is 30.5 Å². The summed E-state index contributed by atoms with van der Waals surface area (Å²) in [7, 11) is 0. The van der Waals surface area contributed by atoms with E-state index in [0.717, 1.165) is 24.2 Å². The van der Waals surface area contributed by atoms with Gasteiger partial charge in [-0.3, -0.25) is 9.98 Å². The molecule has 118 valence electrons. The number of rotatable bonds is 0. The van der Waals surface area contributed by atoms with E-state index in [1.54, 1.807) is 0 Å². The van der Waals surface area contributed by atoms with Crippen LogP contribution < -0.4 is 0 Å². The zero-order valence-corrected chi connectivity index (χ0v) is 13.7. The maximum Gasteiger partial charge on any atom is 0.0701 e. The number of pyridine rings is 1. The minimum Gasteiger partial charge on any atom is -0.353 e. The van der Waals surface area contributed by atoms with Crippen molar-refractivity contribution in [3.8, 4) is 0 Å². The highest BCUT2D eigenvalue weighted by Gasteiger charge is 2.15. The number of para-hydroxylation sites is 2. The summed E-state index contributed by atoms with van der Waals surface area (Å²) in [6, 6.07) is 20.6. The zero-order chi connectivity index (χ0) is 16.4. The van der Waals surface area contributed by atoms with Crippen LogP contribution in [0.15, 0.2) is 71.9 Å². The maximum atomic E-state index is 4.45. The molecule has 0 amide bonds. The minimum atomic E-state index is 0.931. The Bertz CT molecular complexity index is 962. The van der Waals surface area contributed by atoms with Crippen molar-refractivity contribution in [1.82, 2.24) is 9.97 Å². The number of fused-ring (bicyclic) bond motifs is 4. The highest BCUT2D eigenvalue weighted by atomic mass is 14.8. The van der Waals surface area contributed by atoms with E-state index >= 15 is 0 Å². The summed E-state index contributed by atoms with van der Waals surface area (Å²) in [5.41, 5.74) is 6.10. The van der Waals surface area contributed by atoms with Crippen LogP contribution in [-0.2, 0) is 6.42 Å². The topological polar surface area (TPSA) is 41.0 Å². The molecule has 2 aromatic carbocycles. The van der Waals surface area contributed by atoms with Gasteiger partial charge in [-0.15, -0.1) is 0 Å². The van der Waals surface area contributed by atoms with Gasteiger partial charge in [0.1, 0.15) is 0 Å². The van der Waals surface area contributed by atoms with Crippen LogP contribution in [0.4, 0.5) is 0 Å². The predicted molar refractivity (Wildman–Crippen MR) is 101 cm³/mol. The van der Waals surface area contributed by atoms with E-state index < -0.39 is 0 Å². The van der Waals surface area contributed by atoms with Crippen molar-refractivity contribution in [2.75, 3.05) is 6.54 Å². The normalized spacial score (nSPS) is 13.1. The molecule has 0 radical (unpaired) electrons. The second kappa shape index (κ2) is 6.28. The number of aromatic amines is 1. The van der Waals surface area contributed by atoms with Crippen molar-refractivity contribution in [2.45, 2.75) is 13.3 Å². The number of H-pyrrole nitrogens is 1. The van der Waals surface area contributed by atoms with Crippen molar-refractivity contribution >= 4 is 27.5 Å². The van der Waals surface area contributed by atoms with Crippen molar-refractivity contribution in [2.24, 2.45) is 4.99 Å². The second-order valence-corrected chi connectivity index (χ2v) is 5.94. The van der Waals surface area contributed by atoms with Crippen molar-refractivity contribution in [3.63, 3.8) is 0 Å². The summed E-state index contributed by atoms with van der Waals surface area (Å²) in [5.74, 6) is 0. The van der Waals surface area contributed by atoms with Gasteiger partial charge in [-0.25, -0.2) is 0 Å². The fourth-order valence-electron chi connectivity index (χ4n) is 3.20. The van der Waals surface area contributed by atoms with Crippen LogP contribution in [0.25, 0.3) is 21.8 Å². The molecule has 0 spiro atoms. The Balaban J connectivity index is 0.000000129. The Morgan fingerprint density at radius 3 is 2.62 bits per heavy atom. The van der Waals surface area contributed by atoms with Gasteiger partial charge in [0.25, 0.3) is 0 Å². The number of nitrogens with zero attached hydrogens (tertiary/aromatic N) is 2. The fourth-order valence-corrected chi connectivity index (χ4v) is 3.20. The second-order valence-electron chi connectivity index (χ2n) is 5.94. The summed E-state index contributed by atoms with van der Waals surface area (Å²) in [6.45, 7) is 3.01. The molecular weight excluding hydrogens is 294 g/mol. The highest BCUT2D eigenvalue weighted by molar-refractivity contribution is 6.04. The van der Waals surface area contributed by atoms with Gasteiger partial charge in [-0.1, -0.05) is 42.5 Å². The van der Waals surface area contributed by atoms with Crippen LogP contribution >= 0.6 is 0 Å². The molecule has 0 saturated heterocycles. The lowest BCUT2D eigenvalue weighted by atomic mass is 10.0. The average Bonchev–Trinajstić information content (AvgIpc) is 3.03. The molecule has 0 saturated carbocycles. The molecule has 0 bridgehead atoms. The lowest BCUT2D eigenvalue weighted by Gasteiger charge is -2.08. The first-order valence-corrected chi connectivity index (χ1v) is 8.24. The maximum absolute atomic E-state index is 4.45. The predicted octanol–water partition coefficient (Wildman–Crippen LogP) is 4.77. The van der Waals surface area contributed by atoms with Gasteiger partial charge in [-0.2, -0.15) is 0 Å². The molecule has 1 aliphatic heterocycles. The third kappa shape index (κ3) is 2.69. The van der Waals surface area contributed by atoms with Gasteiger partial charge in [0.15, 0.2) is 0 Å². The first-order valence-electron chi connectivity index (χ1n) is 8.24. The van der Waals surface area contributed by atoms with Gasteiger partial charge in [-0.05, 0) is 37.1 Å². The first-order chi connectivity index (χ1) is 11.8. The van der Waals surface area contributed by atoms with Gasteiger partial charge >= 0.3 is 0 Å². The van der Waals surface area contributed by atoms with Crippen LogP contribution in [0.1, 0.15) is 18.2 Å². The van der Waals surface area contributed by atoms with E-state index in [-0.39, 0.29) is 0 Å². The van der Waals surface area contributed by atoms with Crippen LogP contribution in [0.5, 0.6) is 0 Å². The monoisotopic (exact) mass is 313 g/mol. The van der Waals surface area contributed by atoms with Crippen LogP contribution in [0.2, 0.25) is 0 Å². The summed E-state index contributed by atoms with van der Waals surface area (Å²) >= 11 is 0. The van der Waals surface area contributed by atoms with Crippen molar-refractivity contribution in [3.05, 3.63) is 78.1 Å². The quantitative estimate of drug-likeness (QED) is 0.499. The molecule has 0 fully saturated rings. The molecular formula is C21H19N3. The van der Waals surface area contributed by atoms with Crippen molar-refractivity contribution in [1.29, 1.82) is 0 Å². The number of hydrogen-bond acceptors (Lipinski definition) is 2. The largest absolute Gasteiger partial charge is 0.353 e. The zero-order valence-electron chi connectivity index (χ0n) is 13.7. The van der Waals surface area contributed by atoms with E-state index in [4.69, 9.17) is 0 Å². The molecule has 3 nitrogen and oxygen atoms in total. The Kier molecular flexibility index (Phi) is 3.83. The molecule has 3 heterocycles. The molecule has 4 aromatic rings. The number of aromatic nitrogens is 2. The third-order valence-electron chi connectivity index (χ3n) is 4.40. The summed E-state index contributed by atoms with van der Waals surface area (Å²) in [6.07, 6.45) is 2.87. The smallest absolute Gasteiger partial charge is 0.0701 e. The Hall–Kier alpha value is -2.94. The molecule has 0 atom stereocenters. The van der Waals surface area contributed by atoms with Crippen LogP contribution in [-0.4, -0.2) is 22.2 Å². The molecule has 3 heteroatoms. The summed E-state index contributed by atoms with van der Waals surface area (Å²) < 4.78 is 0. The number of benzene rings is 2.